The van der Waals surface area contributed by atoms with Gasteiger partial charge in [-0.2, -0.15) is 0 Å². The minimum atomic E-state index is -0.978. The van der Waals surface area contributed by atoms with Crippen molar-refractivity contribution in [2.75, 3.05) is 13.5 Å². The third-order valence-corrected chi connectivity index (χ3v) is 3.02. The lowest BCUT2D eigenvalue weighted by Gasteiger charge is -2.17. The Hall–Kier alpha value is 0.110. The Balaban J connectivity index is 3.82. The Morgan fingerprint density at radius 3 is 2.50 bits per heavy atom. The molecular formula is C8H17ClNO3P. The molecule has 2 atom stereocenters. The standard InChI is InChI=1S/C8H17ClNO3P/c1-6(2)13-8(11)7(3)10-14(9)5-12-4/h6-7,10H,5H2,1-4H3/t7-,14?/m0/s1. The Labute approximate surface area is 90.9 Å². The van der Waals surface area contributed by atoms with Crippen LogP contribution in [0, 0.1) is 0 Å². The third-order valence-electron chi connectivity index (χ3n) is 1.28. The van der Waals surface area contributed by atoms with Crippen LogP contribution in [0.3, 0.4) is 0 Å². The Bertz CT molecular complexity index is 180. The normalized spacial score (nSPS) is 15.3. The second kappa shape index (κ2) is 7.41. The van der Waals surface area contributed by atoms with E-state index in [0.717, 1.165) is 0 Å². The summed E-state index contributed by atoms with van der Waals surface area (Å²) in [6.07, 6.45) is 0.312. The van der Waals surface area contributed by atoms with E-state index in [1.807, 2.05) is 13.8 Å². The predicted molar refractivity (Wildman–Crippen MR) is 58.5 cm³/mol. The Morgan fingerprint density at radius 1 is 1.50 bits per heavy atom. The first-order valence-corrected chi connectivity index (χ1v) is 6.79. The molecule has 0 saturated heterocycles. The summed E-state index contributed by atoms with van der Waals surface area (Å²) in [6, 6.07) is -0.392. The van der Waals surface area contributed by atoms with Crippen LogP contribution in [0.15, 0.2) is 0 Å². The van der Waals surface area contributed by atoms with Gasteiger partial charge in [0.25, 0.3) is 0 Å². The van der Waals surface area contributed by atoms with Crippen molar-refractivity contribution in [3.63, 3.8) is 0 Å². The lowest BCUT2D eigenvalue weighted by atomic mass is 10.4. The van der Waals surface area contributed by atoms with Crippen molar-refractivity contribution in [2.24, 2.45) is 0 Å². The van der Waals surface area contributed by atoms with Gasteiger partial charge in [0.1, 0.15) is 6.04 Å². The molecule has 0 amide bonds. The van der Waals surface area contributed by atoms with Crippen molar-refractivity contribution in [3.05, 3.63) is 0 Å². The van der Waals surface area contributed by atoms with Crippen LogP contribution < -0.4 is 5.09 Å². The average molecular weight is 242 g/mol. The van der Waals surface area contributed by atoms with Gasteiger partial charge >= 0.3 is 5.97 Å². The molecule has 0 aliphatic rings. The molecule has 0 aromatic rings. The Kier molecular flexibility index (Phi) is 7.47. The number of carbonyl (C=O) groups is 1. The monoisotopic (exact) mass is 241 g/mol. The number of hydrogen-bond donors (Lipinski definition) is 1. The maximum absolute atomic E-state index is 11.3. The van der Waals surface area contributed by atoms with Gasteiger partial charge < -0.3 is 9.47 Å². The number of methoxy groups -OCH3 is 1. The van der Waals surface area contributed by atoms with Crippen LogP contribution >= 0.6 is 18.7 Å². The molecule has 0 aromatic heterocycles. The van der Waals surface area contributed by atoms with Gasteiger partial charge in [-0.15, -0.1) is 0 Å². The summed E-state index contributed by atoms with van der Waals surface area (Å²) in [7, 11) is 0.588. The van der Waals surface area contributed by atoms with E-state index >= 15 is 0 Å². The minimum Gasteiger partial charge on any atom is -0.462 e. The average Bonchev–Trinajstić information content (AvgIpc) is 2.02. The van der Waals surface area contributed by atoms with Crippen molar-refractivity contribution >= 4 is 24.6 Å². The molecule has 1 N–H and O–H groups in total. The molecule has 0 radical (unpaired) electrons. The van der Waals surface area contributed by atoms with Crippen molar-refractivity contribution in [2.45, 2.75) is 32.9 Å². The molecule has 84 valence electrons. The summed E-state index contributed by atoms with van der Waals surface area (Å²) >= 11 is 5.88. The van der Waals surface area contributed by atoms with E-state index in [1.165, 1.54) is 0 Å². The zero-order valence-corrected chi connectivity index (χ0v) is 10.6. The maximum atomic E-state index is 11.3. The summed E-state index contributed by atoms with van der Waals surface area (Å²) in [6.45, 7) is 5.34. The highest BCUT2D eigenvalue weighted by Gasteiger charge is 2.18. The van der Waals surface area contributed by atoms with Gasteiger partial charge in [-0.25, -0.2) is 0 Å². The largest absolute Gasteiger partial charge is 0.462 e. The number of esters is 1. The molecule has 14 heavy (non-hydrogen) atoms. The molecule has 6 heteroatoms. The predicted octanol–water partition coefficient (Wildman–Crippen LogP) is 2.07. The van der Waals surface area contributed by atoms with Crippen LogP contribution in [-0.2, 0) is 14.3 Å². The minimum absolute atomic E-state index is 0.101. The van der Waals surface area contributed by atoms with Crippen LogP contribution in [0.5, 0.6) is 0 Å². The highest BCUT2D eigenvalue weighted by atomic mass is 35.7. The summed E-state index contributed by atoms with van der Waals surface area (Å²) < 4.78 is 9.85. The molecule has 0 saturated carbocycles. The first-order chi connectivity index (χ1) is 6.47. The summed E-state index contributed by atoms with van der Waals surface area (Å²) in [5, 5.41) is 2.92. The number of nitrogens with one attached hydrogen (secondary N) is 1. The fourth-order valence-corrected chi connectivity index (χ4v) is 2.31. The van der Waals surface area contributed by atoms with Crippen LogP contribution in [0.25, 0.3) is 0 Å². The van der Waals surface area contributed by atoms with E-state index < -0.39 is 13.5 Å². The fourth-order valence-electron chi connectivity index (χ4n) is 0.748. The molecule has 0 aliphatic heterocycles. The first-order valence-electron chi connectivity index (χ1n) is 4.36. The van der Waals surface area contributed by atoms with Crippen molar-refractivity contribution < 1.29 is 14.3 Å². The fraction of sp³-hybridized carbons (Fsp3) is 0.875. The Morgan fingerprint density at radius 2 is 2.07 bits per heavy atom. The topological polar surface area (TPSA) is 47.6 Å². The van der Waals surface area contributed by atoms with Gasteiger partial charge in [-0.3, -0.25) is 9.88 Å². The van der Waals surface area contributed by atoms with Crippen molar-refractivity contribution in [1.82, 2.24) is 5.09 Å². The molecule has 0 rings (SSSR count). The highest BCUT2D eigenvalue weighted by molar-refractivity contribution is 7.82. The SMILES string of the molecule is COCP(Cl)N[C@@H](C)C(=O)OC(C)C. The number of ether oxygens (including phenoxy) is 2. The number of halogens is 1. The van der Waals surface area contributed by atoms with E-state index in [1.54, 1.807) is 14.0 Å². The summed E-state index contributed by atoms with van der Waals surface area (Å²) in [5.41, 5.74) is 0. The molecule has 1 unspecified atom stereocenters. The van der Waals surface area contributed by atoms with E-state index in [-0.39, 0.29) is 12.1 Å². The molecule has 0 aliphatic carbocycles. The van der Waals surface area contributed by atoms with Crippen molar-refractivity contribution in [1.29, 1.82) is 0 Å². The van der Waals surface area contributed by atoms with Gasteiger partial charge in [-0.1, -0.05) is 11.2 Å². The number of rotatable bonds is 6. The lowest BCUT2D eigenvalue weighted by Crippen LogP contribution is -2.33. The van der Waals surface area contributed by atoms with E-state index in [9.17, 15) is 4.79 Å². The van der Waals surface area contributed by atoms with Crippen LogP contribution in [0.2, 0.25) is 0 Å². The smallest absolute Gasteiger partial charge is 0.323 e. The summed E-state index contributed by atoms with van der Waals surface area (Å²) in [4.78, 5) is 11.3. The quantitative estimate of drug-likeness (QED) is 0.571. The van der Waals surface area contributed by atoms with Crippen molar-refractivity contribution in [3.8, 4) is 0 Å². The zero-order valence-electron chi connectivity index (χ0n) is 8.91. The van der Waals surface area contributed by atoms with Gasteiger partial charge in [0.15, 0.2) is 0 Å². The van der Waals surface area contributed by atoms with Crippen LogP contribution in [0.4, 0.5) is 0 Å². The van der Waals surface area contributed by atoms with Crippen LogP contribution in [0.1, 0.15) is 20.8 Å². The highest BCUT2D eigenvalue weighted by Crippen LogP contribution is 2.36. The molecular weight excluding hydrogens is 225 g/mol. The van der Waals surface area contributed by atoms with Gasteiger partial charge in [-0.05, 0) is 20.8 Å². The van der Waals surface area contributed by atoms with Gasteiger partial charge in [0.2, 0.25) is 0 Å². The second-order valence-electron chi connectivity index (χ2n) is 3.12. The molecule has 0 spiro atoms. The first kappa shape index (κ1) is 14.1. The van der Waals surface area contributed by atoms with E-state index in [0.29, 0.717) is 6.35 Å². The van der Waals surface area contributed by atoms with Gasteiger partial charge in [0.05, 0.1) is 19.9 Å². The zero-order chi connectivity index (χ0) is 11.1. The maximum Gasteiger partial charge on any atom is 0.323 e. The molecule has 0 aromatic carbocycles. The molecule has 4 nitrogen and oxygen atoms in total. The second-order valence-corrected chi connectivity index (χ2v) is 5.58. The van der Waals surface area contributed by atoms with Crippen LogP contribution in [-0.4, -0.2) is 31.6 Å². The number of carbonyl (C=O) groups excluding carboxylic acids is 1. The lowest BCUT2D eigenvalue weighted by molar-refractivity contribution is -0.148. The van der Waals surface area contributed by atoms with E-state index in [2.05, 4.69) is 5.09 Å². The third kappa shape index (κ3) is 6.55. The molecule has 0 fully saturated rings. The van der Waals surface area contributed by atoms with Gasteiger partial charge in [0, 0.05) is 7.11 Å². The van der Waals surface area contributed by atoms with E-state index in [4.69, 9.17) is 20.7 Å². The molecule has 0 bridgehead atoms. The molecule has 0 heterocycles. The number of hydrogen-bond acceptors (Lipinski definition) is 4. The summed E-state index contributed by atoms with van der Waals surface area (Å²) in [5.74, 6) is -0.288.